The van der Waals surface area contributed by atoms with Crippen molar-refractivity contribution in [2.45, 2.75) is 26.3 Å². The molecule has 156 valence electrons. The quantitative estimate of drug-likeness (QED) is 0.687. The van der Waals surface area contributed by atoms with E-state index in [9.17, 15) is 4.79 Å². The van der Waals surface area contributed by atoms with Crippen LogP contribution in [0.1, 0.15) is 24.7 Å². The van der Waals surface area contributed by atoms with Crippen LogP contribution in [0.5, 0.6) is 0 Å². The van der Waals surface area contributed by atoms with E-state index in [1.54, 1.807) is 0 Å². The Morgan fingerprint density at radius 1 is 1.24 bits per heavy atom. The van der Waals surface area contributed by atoms with Crippen LogP contribution in [0, 0.1) is 11.3 Å². The molecule has 0 bridgehead atoms. The Bertz CT molecular complexity index is 821. The second-order valence-electron chi connectivity index (χ2n) is 8.58. The highest BCUT2D eigenvalue weighted by Crippen LogP contribution is 2.46. The normalized spacial score (nSPS) is 24.2. The summed E-state index contributed by atoms with van der Waals surface area (Å²) in [6.07, 6.45) is 6.04. The Labute approximate surface area is 173 Å². The molecule has 29 heavy (non-hydrogen) atoms. The van der Waals surface area contributed by atoms with Gasteiger partial charge in [0, 0.05) is 57.6 Å². The van der Waals surface area contributed by atoms with Gasteiger partial charge in [-0.1, -0.05) is 30.3 Å². The van der Waals surface area contributed by atoms with Crippen molar-refractivity contribution in [3.8, 4) is 0 Å². The first-order chi connectivity index (χ1) is 14.1. The number of carbonyl (C=O) groups is 1. The fourth-order valence-corrected chi connectivity index (χ4v) is 5.03. The average molecular weight is 397 g/mol. The molecule has 2 saturated heterocycles. The number of likely N-dealkylation sites (tertiary alicyclic amines) is 2. The predicted molar refractivity (Wildman–Crippen MR) is 112 cm³/mol. The summed E-state index contributed by atoms with van der Waals surface area (Å²) in [5.74, 6) is 1.75. The molecule has 1 aromatic heterocycles. The van der Waals surface area contributed by atoms with Gasteiger partial charge in [-0.05, 0) is 31.2 Å². The summed E-state index contributed by atoms with van der Waals surface area (Å²) in [5, 5.41) is 0. The lowest BCUT2D eigenvalue weighted by molar-refractivity contribution is -0.135. The molecule has 2 atom stereocenters. The molecule has 0 aliphatic carbocycles. The van der Waals surface area contributed by atoms with Gasteiger partial charge in [0.15, 0.2) is 0 Å². The van der Waals surface area contributed by atoms with Crippen molar-refractivity contribution in [1.82, 2.24) is 19.4 Å². The van der Waals surface area contributed by atoms with E-state index in [2.05, 4.69) is 51.8 Å². The van der Waals surface area contributed by atoms with Gasteiger partial charge in [0.25, 0.3) is 0 Å². The van der Waals surface area contributed by atoms with Crippen molar-refractivity contribution in [3.05, 3.63) is 54.1 Å². The predicted octanol–water partition coefficient (Wildman–Crippen LogP) is 2.35. The van der Waals surface area contributed by atoms with Gasteiger partial charge in [-0.15, -0.1) is 0 Å². The van der Waals surface area contributed by atoms with Gasteiger partial charge in [0.1, 0.15) is 12.4 Å². The highest BCUT2D eigenvalue weighted by Gasteiger charge is 2.52. The molecular weight excluding hydrogens is 364 g/mol. The number of aromatic nitrogens is 2. The average Bonchev–Trinajstić information content (AvgIpc) is 3.38. The summed E-state index contributed by atoms with van der Waals surface area (Å²) < 4.78 is 7.48. The monoisotopic (exact) mass is 396 g/mol. The SMILES string of the molecule is CCOCC(=O)N1CC2CN(Cc3nccn3C)CC2(CCc2ccccc2)C1. The molecule has 1 aromatic carbocycles. The third-order valence-corrected chi connectivity index (χ3v) is 6.65. The minimum absolute atomic E-state index is 0.135. The lowest BCUT2D eigenvalue weighted by atomic mass is 9.76. The number of ether oxygens (including phenoxy) is 1. The largest absolute Gasteiger partial charge is 0.372 e. The molecule has 0 N–H and O–H groups in total. The maximum Gasteiger partial charge on any atom is 0.248 e. The lowest BCUT2D eigenvalue weighted by Gasteiger charge is -2.29. The number of carbonyl (C=O) groups excluding carboxylic acids is 1. The smallest absolute Gasteiger partial charge is 0.248 e. The molecule has 2 aliphatic rings. The first kappa shape index (κ1) is 20.1. The van der Waals surface area contributed by atoms with Crippen LogP contribution in [-0.4, -0.2) is 64.7 Å². The van der Waals surface area contributed by atoms with E-state index in [0.29, 0.717) is 12.5 Å². The molecule has 2 unspecified atom stereocenters. The second kappa shape index (κ2) is 8.67. The third-order valence-electron chi connectivity index (χ3n) is 6.65. The van der Waals surface area contributed by atoms with Crippen LogP contribution in [0.15, 0.2) is 42.7 Å². The topological polar surface area (TPSA) is 50.6 Å². The standard InChI is InChI=1S/C23H32N4O2/c1-3-29-16-22(28)27-14-20-13-26(15-21-24-11-12-25(21)2)17-23(20,18-27)10-9-19-7-5-4-6-8-19/h4-8,11-12,20H,3,9-10,13-18H2,1-2H3. The Morgan fingerprint density at radius 3 is 2.79 bits per heavy atom. The Kier molecular flexibility index (Phi) is 6.01. The summed E-state index contributed by atoms with van der Waals surface area (Å²) in [6.45, 7) is 7.33. The van der Waals surface area contributed by atoms with Crippen LogP contribution in [0.4, 0.5) is 0 Å². The van der Waals surface area contributed by atoms with Crippen LogP contribution in [0.2, 0.25) is 0 Å². The number of aryl methyl sites for hydroxylation is 2. The summed E-state index contributed by atoms with van der Waals surface area (Å²) in [4.78, 5) is 21.7. The van der Waals surface area contributed by atoms with Crippen molar-refractivity contribution >= 4 is 5.91 Å². The number of hydrogen-bond donors (Lipinski definition) is 0. The van der Waals surface area contributed by atoms with E-state index >= 15 is 0 Å². The number of amides is 1. The molecule has 2 fully saturated rings. The highest BCUT2D eigenvalue weighted by molar-refractivity contribution is 5.78. The van der Waals surface area contributed by atoms with Gasteiger partial charge < -0.3 is 14.2 Å². The van der Waals surface area contributed by atoms with Gasteiger partial charge >= 0.3 is 0 Å². The van der Waals surface area contributed by atoms with E-state index in [0.717, 1.165) is 51.4 Å². The maximum absolute atomic E-state index is 12.6. The van der Waals surface area contributed by atoms with Crippen LogP contribution in [-0.2, 0) is 29.5 Å². The van der Waals surface area contributed by atoms with Crippen molar-refractivity contribution in [1.29, 1.82) is 0 Å². The minimum atomic E-state index is 0.135. The number of nitrogens with zero attached hydrogens (tertiary/aromatic N) is 4. The first-order valence-corrected chi connectivity index (χ1v) is 10.7. The summed E-state index contributed by atoms with van der Waals surface area (Å²) in [7, 11) is 2.05. The molecule has 6 heteroatoms. The van der Waals surface area contributed by atoms with Crippen molar-refractivity contribution in [2.24, 2.45) is 18.4 Å². The number of imidazole rings is 1. The second-order valence-corrected chi connectivity index (χ2v) is 8.58. The minimum Gasteiger partial charge on any atom is -0.372 e. The summed E-state index contributed by atoms with van der Waals surface area (Å²) >= 11 is 0. The molecule has 3 heterocycles. The Morgan fingerprint density at radius 2 is 2.07 bits per heavy atom. The molecule has 6 nitrogen and oxygen atoms in total. The molecule has 0 spiro atoms. The van der Waals surface area contributed by atoms with Crippen LogP contribution < -0.4 is 0 Å². The van der Waals surface area contributed by atoms with Crippen LogP contribution in [0.3, 0.4) is 0 Å². The van der Waals surface area contributed by atoms with Gasteiger partial charge in [-0.2, -0.15) is 0 Å². The molecular formula is C23H32N4O2. The molecule has 0 saturated carbocycles. The molecule has 4 rings (SSSR count). The molecule has 1 amide bonds. The van der Waals surface area contributed by atoms with E-state index < -0.39 is 0 Å². The van der Waals surface area contributed by atoms with E-state index in [1.165, 1.54) is 5.56 Å². The Balaban J connectivity index is 1.47. The summed E-state index contributed by atoms with van der Waals surface area (Å²) in [5.41, 5.74) is 1.53. The number of rotatable bonds is 8. The van der Waals surface area contributed by atoms with E-state index in [1.807, 2.05) is 24.2 Å². The van der Waals surface area contributed by atoms with E-state index in [-0.39, 0.29) is 17.9 Å². The number of fused-ring (bicyclic) bond motifs is 1. The molecule has 2 aliphatic heterocycles. The van der Waals surface area contributed by atoms with Crippen LogP contribution in [0.25, 0.3) is 0 Å². The fraction of sp³-hybridized carbons (Fsp3) is 0.565. The maximum atomic E-state index is 12.6. The third kappa shape index (κ3) is 4.38. The van der Waals surface area contributed by atoms with Crippen molar-refractivity contribution in [3.63, 3.8) is 0 Å². The highest BCUT2D eigenvalue weighted by atomic mass is 16.5. The first-order valence-electron chi connectivity index (χ1n) is 10.7. The van der Waals surface area contributed by atoms with Gasteiger partial charge in [-0.25, -0.2) is 4.98 Å². The number of hydrogen-bond acceptors (Lipinski definition) is 4. The zero-order valence-electron chi connectivity index (χ0n) is 17.6. The van der Waals surface area contributed by atoms with Crippen molar-refractivity contribution < 1.29 is 9.53 Å². The zero-order chi connectivity index (χ0) is 20.3. The number of benzene rings is 1. The zero-order valence-corrected chi connectivity index (χ0v) is 17.6. The van der Waals surface area contributed by atoms with Gasteiger partial charge in [-0.3, -0.25) is 9.69 Å². The van der Waals surface area contributed by atoms with Gasteiger partial charge in [0.2, 0.25) is 5.91 Å². The molecule has 2 aromatic rings. The van der Waals surface area contributed by atoms with E-state index in [4.69, 9.17) is 4.74 Å². The van der Waals surface area contributed by atoms with Crippen molar-refractivity contribution in [2.75, 3.05) is 39.4 Å². The van der Waals surface area contributed by atoms with Gasteiger partial charge in [0.05, 0.1) is 6.54 Å². The van der Waals surface area contributed by atoms with Crippen LogP contribution >= 0.6 is 0 Å². The molecule has 0 radical (unpaired) electrons. The summed E-state index contributed by atoms with van der Waals surface area (Å²) in [6, 6.07) is 10.7. The Hall–Kier alpha value is -2.18. The lowest BCUT2D eigenvalue weighted by Crippen LogP contribution is -2.38. The fourth-order valence-electron chi connectivity index (χ4n) is 5.03.